The molecule has 0 aromatic heterocycles. The van der Waals surface area contributed by atoms with Crippen molar-refractivity contribution in [2.24, 2.45) is 40.4 Å². The van der Waals surface area contributed by atoms with Crippen LogP contribution in [-0.4, -0.2) is 11.2 Å². The minimum atomic E-state index is -0.0827. The molecule has 1 heteroatoms. The van der Waals surface area contributed by atoms with E-state index in [1.54, 1.807) is 5.57 Å². The summed E-state index contributed by atoms with van der Waals surface area (Å²) in [4.78, 5) is 0. The lowest BCUT2D eigenvalue weighted by Gasteiger charge is -2.58. The van der Waals surface area contributed by atoms with Gasteiger partial charge >= 0.3 is 0 Å². The van der Waals surface area contributed by atoms with Crippen LogP contribution in [0.3, 0.4) is 0 Å². The van der Waals surface area contributed by atoms with Crippen LogP contribution in [-0.2, 0) is 0 Å². The normalized spacial score (nSPS) is 46.2. The lowest BCUT2D eigenvalue weighted by Crippen LogP contribution is -2.50. The van der Waals surface area contributed by atoms with Crippen molar-refractivity contribution < 1.29 is 5.11 Å². The average Bonchev–Trinajstić information content (AvgIpc) is 2.99. The largest absolute Gasteiger partial charge is 0.393 e. The molecule has 8 atom stereocenters. The Morgan fingerprint density at radius 2 is 1.96 bits per heavy atom. The van der Waals surface area contributed by atoms with Gasteiger partial charge in [-0.2, -0.15) is 0 Å². The standard InChI is InChI=1S/C27H44O/c1-18(2)7-6-8-19(3)23-11-12-24-22-10-9-20-17-21(28)13-15-26(20,4)25(22)14-16-27(23,24)5/h9,19,21-25,28H,1,6-8,10-17H2,2-5H3/t19-,21+,22+,23-,24+,25+,26+,27-/m1/s1/i1+1. The maximum atomic E-state index is 10.2. The number of hydrogen-bond donors (Lipinski definition) is 1. The van der Waals surface area contributed by atoms with E-state index in [1.807, 2.05) is 0 Å². The smallest absolute Gasteiger partial charge is 0.0577 e. The van der Waals surface area contributed by atoms with Crippen LogP contribution in [0, 0.1) is 40.4 Å². The zero-order valence-corrected chi connectivity index (χ0v) is 19.0. The Morgan fingerprint density at radius 3 is 2.71 bits per heavy atom. The van der Waals surface area contributed by atoms with Crippen LogP contribution >= 0.6 is 0 Å². The third kappa shape index (κ3) is 3.34. The molecule has 0 amide bonds. The predicted molar refractivity (Wildman–Crippen MR) is 119 cm³/mol. The van der Waals surface area contributed by atoms with E-state index in [4.69, 9.17) is 0 Å². The summed E-state index contributed by atoms with van der Waals surface area (Å²) in [5.74, 6) is 4.49. The molecule has 4 aliphatic rings. The van der Waals surface area contributed by atoms with E-state index >= 15 is 0 Å². The van der Waals surface area contributed by atoms with Gasteiger partial charge in [0.25, 0.3) is 0 Å². The van der Waals surface area contributed by atoms with E-state index in [-0.39, 0.29) is 6.10 Å². The molecule has 3 saturated carbocycles. The minimum Gasteiger partial charge on any atom is -0.393 e. The second-order valence-corrected chi connectivity index (χ2v) is 11.7. The van der Waals surface area contributed by atoms with Gasteiger partial charge in [0.05, 0.1) is 6.10 Å². The van der Waals surface area contributed by atoms with Gasteiger partial charge in [-0.15, -0.1) is 6.58 Å². The Hall–Kier alpha value is -0.560. The quantitative estimate of drug-likeness (QED) is 0.388. The molecule has 0 saturated heterocycles. The fourth-order valence-electron chi connectivity index (χ4n) is 8.54. The van der Waals surface area contributed by atoms with Crippen molar-refractivity contribution in [2.75, 3.05) is 0 Å². The molecule has 1 nitrogen and oxygen atoms in total. The molecule has 0 aromatic carbocycles. The minimum absolute atomic E-state index is 0.0827. The third-order valence-electron chi connectivity index (χ3n) is 10.1. The zero-order valence-electron chi connectivity index (χ0n) is 19.0. The van der Waals surface area contributed by atoms with Crippen LogP contribution < -0.4 is 0 Å². The first-order chi connectivity index (χ1) is 13.3. The van der Waals surface area contributed by atoms with E-state index in [0.717, 1.165) is 42.4 Å². The number of fused-ring (bicyclic) bond motifs is 5. The maximum absolute atomic E-state index is 10.2. The van der Waals surface area contributed by atoms with Crippen LogP contribution in [0.15, 0.2) is 23.8 Å². The molecule has 0 bridgehead atoms. The van der Waals surface area contributed by atoms with Crippen molar-refractivity contribution in [1.82, 2.24) is 0 Å². The zero-order chi connectivity index (χ0) is 20.1. The highest BCUT2D eigenvalue weighted by atomic mass is 16.3. The van der Waals surface area contributed by atoms with Crippen molar-refractivity contribution in [3.63, 3.8) is 0 Å². The Labute approximate surface area is 174 Å². The molecule has 28 heavy (non-hydrogen) atoms. The monoisotopic (exact) mass is 385 g/mol. The lowest BCUT2D eigenvalue weighted by atomic mass is 9.47. The van der Waals surface area contributed by atoms with E-state index in [0.29, 0.717) is 10.8 Å². The molecule has 0 heterocycles. The number of aliphatic hydroxyl groups is 1. The molecule has 0 unspecified atom stereocenters. The van der Waals surface area contributed by atoms with Gasteiger partial charge in [0, 0.05) is 0 Å². The van der Waals surface area contributed by atoms with Gasteiger partial charge < -0.3 is 5.11 Å². The second kappa shape index (κ2) is 7.60. The molecule has 0 aromatic rings. The van der Waals surface area contributed by atoms with Gasteiger partial charge in [-0.05, 0) is 112 Å². The Morgan fingerprint density at radius 1 is 1.18 bits per heavy atom. The highest BCUT2D eigenvalue weighted by Crippen LogP contribution is 2.67. The average molecular weight is 386 g/mol. The Balaban J connectivity index is 1.50. The van der Waals surface area contributed by atoms with E-state index in [2.05, 4.69) is 40.3 Å². The van der Waals surface area contributed by atoms with Crippen molar-refractivity contribution in [3.8, 4) is 0 Å². The maximum Gasteiger partial charge on any atom is 0.0577 e. The topological polar surface area (TPSA) is 20.2 Å². The molecule has 0 radical (unpaired) electrons. The first kappa shape index (κ1) is 20.7. The van der Waals surface area contributed by atoms with Crippen molar-refractivity contribution in [1.29, 1.82) is 0 Å². The van der Waals surface area contributed by atoms with Crippen LogP contribution in [0.4, 0.5) is 0 Å². The van der Waals surface area contributed by atoms with Gasteiger partial charge in [0.2, 0.25) is 0 Å². The molecule has 3 fully saturated rings. The molecule has 4 aliphatic carbocycles. The first-order valence-corrected chi connectivity index (χ1v) is 12.3. The van der Waals surface area contributed by atoms with Crippen LogP contribution in [0.25, 0.3) is 0 Å². The summed E-state index contributed by atoms with van der Waals surface area (Å²) in [6.45, 7) is 14.0. The fourth-order valence-corrected chi connectivity index (χ4v) is 8.54. The van der Waals surface area contributed by atoms with E-state index in [1.165, 1.54) is 63.4 Å². The van der Waals surface area contributed by atoms with Gasteiger partial charge in [0.1, 0.15) is 0 Å². The predicted octanol–water partition coefficient (Wildman–Crippen LogP) is 7.31. The van der Waals surface area contributed by atoms with Crippen LogP contribution in [0.5, 0.6) is 0 Å². The summed E-state index contributed by atoms with van der Waals surface area (Å²) in [6, 6.07) is 0. The summed E-state index contributed by atoms with van der Waals surface area (Å²) in [5.41, 5.74) is 3.91. The Kier molecular flexibility index (Phi) is 5.62. The van der Waals surface area contributed by atoms with Gasteiger partial charge in [-0.1, -0.05) is 44.4 Å². The number of rotatable bonds is 5. The van der Waals surface area contributed by atoms with Crippen molar-refractivity contribution in [3.05, 3.63) is 23.8 Å². The van der Waals surface area contributed by atoms with Gasteiger partial charge in [-0.3, -0.25) is 0 Å². The van der Waals surface area contributed by atoms with E-state index in [9.17, 15) is 5.11 Å². The van der Waals surface area contributed by atoms with Crippen LogP contribution in [0.2, 0.25) is 0 Å². The lowest BCUT2D eigenvalue weighted by molar-refractivity contribution is -0.0572. The summed E-state index contributed by atoms with van der Waals surface area (Å²) in [6.07, 6.45) is 16.7. The Bertz CT molecular complexity index is 632. The molecular formula is C27H44O. The van der Waals surface area contributed by atoms with Crippen molar-refractivity contribution in [2.45, 2.75) is 104 Å². The third-order valence-corrected chi connectivity index (χ3v) is 10.1. The molecule has 1 N–H and O–H groups in total. The highest BCUT2D eigenvalue weighted by Gasteiger charge is 2.59. The SMILES string of the molecule is CC(=[13CH2])CCC[C@@H](C)[C@H]1CC[C@H]2[C@@H]3CC=C4C[C@@H](O)CC[C@]4(C)[C@H]3CC[C@]12C. The summed E-state index contributed by atoms with van der Waals surface area (Å²) in [7, 11) is 0. The molecule has 4 rings (SSSR count). The van der Waals surface area contributed by atoms with Crippen LogP contribution in [0.1, 0.15) is 98.3 Å². The molecule has 0 aliphatic heterocycles. The van der Waals surface area contributed by atoms with Crippen molar-refractivity contribution >= 4 is 0 Å². The first-order valence-electron chi connectivity index (χ1n) is 12.3. The summed E-state index contributed by atoms with van der Waals surface area (Å²) in [5, 5.41) is 10.2. The molecule has 158 valence electrons. The van der Waals surface area contributed by atoms with Gasteiger partial charge in [0.15, 0.2) is 0 Å². The molecular weight excluding hydrogens is 341 g/mol. The molecule has 0 spiro atoms. The van der Waals surface area contributed by atoms with Gasteiger partial charge in [-0.25, -0.2) is 0 Å². The number of allylic oxidation sites excluding steroid dienone is 2. The number of hydrogen-bond acceptors (Lipinski definition) is 1. The fraction of sp³-hybridized carbons (Fsp3) is 0.852. The summed E-state index contributed by atoms with van der Waals surface area (Å²) < 4.78 is 0. The second-order valence-electron chi connectivity index (χ2n) is 11.7. The van der Waals surface area contributed by atoms with E-state index < -0.39 is 0 Å². The highest BCUT2D eigenvalue weighted by molar-refractivity contribution is 5.25. The summed E-state index contributed by atoms with van der Waals surface area (Å²) >= 11 is 0. The number of aliphatic hydroxyl groups excluding tert-OH is 1.